The van der Waals surface area contributed by atoms with E-state index >= 15 is 0 Å². The van der Waals surface area contributed by atoms with Gasteiger partial charge in [0, 0.05) is 6.42 Å². The van der Waals surface area contributed by atoms with E-state index in [0.717, 1.165) is 12.8 Å². The highest BCUT2D eigenvalue weighted by Gasteiger charge is 2.19. The fraction of sp³-hybridized carbons (Fsp3) is 0.889. The second-order valence-corrected chi connectivity index (χ2v) is 3.34. The van der Waals surface area contributed by atoms with E-state index in [0.29, 0.717) is 6.42 Å². The Bertz CT molecular complexity index is 128. The lowest BCUT2D eigenvalue weighted by Gasteiger charge is -2.22. The second-order valence-electron chi connectivity index (χ2n) is 3.34. The molecule has 2 heteroatoms. The van der Waals surface area contributed by atoms with Crippen molar-refractivity contribution in [2.45, 2.75) is 52.6 Å². The maximum atomic E-state index is 11.0. The fourth-order valence-corrected chi connectivity index (χ4v) is 0.635. The van der Waals surface area contributed by atoms with Crippen LogP contribution in [-0.2, 0) is 9.53 Å². The molecular formula is C9H18O2. The van der Waals surface area contributed by atoms with Crippen LogP contribution in [0.4, 0.5) is 0 Å². The van der Waals surface area contributed by atoms with Gasteiger partial charge in [-0.2, -0.15) is 0 Å². The summed E-state index contributed by atoms with van der Waals surface area (Å²) >= 11 is 0. The van der Waals surface area contributed by atoms with Crippen LogP contribution >= 0.6 is 0 Å². The maximum absolute atomic E-state index is 11.0. The Morgan fingerprint density at radius 1 is 1.36 bits per heavy atom. The highest BCUT2D eigenvalue weighted by Crippen LogP contribution is 2.14. The Morgan fingerprint density at radius 2 is 1.91 bits per heavy atom. The predicted octanol–water partition coefficient (Wildman–Crippen LogP) is 2.52. The second kappa shape index (κ2) is 4.37. The van der Waals surface area contributed by atoms with Crippen LogP contribution in [0.15, 0.2) is 0 Å². The Morgan fingerprint density at radius 3 is 2.27 bits per heavy atom. The molecule has 0 aromatic heterocycles. The minimum Gasteiger partial charge on any atom is -0.460 e. The van der Waals surface area contributed by atoms with E-state index in [1.807, 2.05) is 27.7 Å². The zero-order chi connectivity index (χ0) is 8.91. The van der Waals surface area contributed by atoms with Gasteiger partial charge in [-0.1, -0.05) is 13.8 Å². The highest BCUT2D eigenvalue weighted by molar-refractivity contribution is 5.69. The number of ether oxygens (including phenoxy) is 1. The van der Waals surface area contributed by atoms with Crippen LogP contribution in [0, 0.1) is 0 Å². The Kier molecular flexibility index (Phi) is 4.16. The Hall–Kier alpha value is -0.530. The number of hydrogen-bond donors (Lipinski definition) is 0. The third-order valence-electron chi connectivity index (χ3n) is 1.70. The van der Waals surface area contributed by atoms with Crippen LogP contribution in [-0.4, -0.2) is 11.6 Å². The largest absolute Gasteiger partial charge is 0.460 e. The Labute approximate surface area is 68.9 Å². The molecule has 0 radical (unpaired) electrons. The van der Waals surface area contributed by atoms with Gasteiger partial charge in [0.2, 0.25) is 0 Å². The van der Waals surface area contributed by atoms with Crippen LogP contribution in [0.2, 0.25) is 0 Å². The minimum atomic E-state index is -0.285. The molecule has 11 heavy (non-hydrogen) atoms. The molecule has 0 spiro atoms. The van der Waals surface area contributed by atoms with Crippen LogP contribution in [0.1, 0.15) is 47.0 Å². The average Bonchev–Trinajstić information content (AvgIpc) is 1.87. The van der Waals surface area contributed by atoms with E-state index < -0.39 is 0 Å². The van der Waals surface area contributed by atoms with Crippen molar-refractivity contribution in [3.8, 4) is 0 Å². The summed E-state index contributed by atoms with van der Waals surface area (Å²) in [4.78, 5) is 11.0. The molecule has 0 fully saturated rings. The van der Waals surface area contributed by atoms with Crippen molar-refractivity contribution in [3.05, 3.63) is 0 Å². The normalized spacial score (nSPS) is 11.3. The molecule has 0 heterocycles. The molecule has 66 valence electrons. The SMILES string of the molecule is CCCC(=O)OC(C)(C)CC. The van der Waals surface area contributed by atoms with Crippen LogP contribution in [0.25, 0.3) is 0 Å². The van der Waals surface area contributed by atoms with Crippen LogP contribution < -0.4 is 0 Å². The first-order chi connectivity index (χ1) is 5.02. The van der Waals surface area contributed by atoms with Crippen LogP contribution in [0.5, 0.6) is 0 Å². The first-order valence-corrected chi connectivity index (χ1v) is 4.23. The van der Waals surface area contributed by atoms with Crippen molar-refractivity contribution in [2.24, 2.45) is 0 Å². The molecule has 0 saturated heterocycles. The summed E-state index contributed by atoms with van der Waals surface area (Å²) in [5.74, 6) is -0.0839. The first kappa shape index (κ1) is 10.5. The van der Waals surface area contributed by atoms with Gasteiger partial charge in [0.25, 0.3) is 0 Å². The number of carbonyl (C=O) groups excluding carboxylic acids is 1. The van der Waals surface area contributed by atoms with Gasteiger partial charge in [0.1, 0.15) is 5.60 Å². The molecule has 0 aliphatic rings. The third-order valence-corrected chi connectivity index (χ3v) is 1.70. The standard InChI is InChI=1S/C9H18O2/c1-5-7-8(10)11-9(3,4)6-2/h5-7H2,1-4H3. The van der Waals surface area contributed by atoms with Crippen molar-refractivity contribution in [1.82, 2.24) is 0 Å². The molecule has 0 rings (SSSR count). The van der Waals surface area contributed by atoms with Crippen molar-refractivity contribution in [3.63, 3.8) is 0 Å². The van der Waals surface area contributed by atoms with Gasteiger partial charge < -0.3 is 4.74 Å². The van der Waals surface area contributed by atoms with Gasteiger partial charge >= 0.3 is 5.97 Å². The van der Waals surface area contributed by atoms with Gasteiger partial charge in [-0.15, -0.1) is 0 Å². The third kappa shape index (κ3) is 4.82. The van der Waals surface area contributed by atoms with Crippen molar-refractivity contribution >= 4 is 5.97 Å². The molecule has 0 N–H and O–H groups in total. The monoisotopic (exact) mass is 158 g/mol. The number of hydrogen-bond acceptors (Lipinski definition) is 2. The molecular weight excluding hydrogens is 140 g/mol. The van der Waals surface area contributed by atoms with E-state index in [9.17, 15) is 4.79 Å². The van der Waals surface area contributed by atoms with E-state index in [-0.39, 0.29) is 11.6 Å². The van der Waals surface area contributed by atoms with E-state index in [1.165, 1.54) is 0 Å². The summed E-state index contributed by atoms with van der Waals surface area (Å²) in [7, 11) is 0. The summed E-state index contributed by atoms with van der Waals surface area (Å²) in [6.45, 7) is 7.85. The molecule has 0 atom stereocenters. The lowest BCUT2D eigenvalue weighted by molar-refractivity contribution is -0.156. The molecule has 0 aliphatic carbocycles. The molecule has 0 saturated carbocycles. The number of rotatable bonds is 4. The Balaban J connectivity index is 3.74. The quantitative estimate of drug-likeness (QED) is 0.588. The maximum Gasteiger partial charge on any atom is 0.306 e. The number of esters is 1. The summed E-state index contributed by atoms with van der Waals surface area (Å²) < 4.78 is 5.19. The summed E-state index contributed by atoms with van der Waals surface area (Å²) in [6, 6.07) is 0. The van der Waals surface area contributed by atoms with Gasteiger partial charge in [0.05, 0.1) is 0 Å². The van der Waals surface area contributed by atoms with Crippen molar-refractivity contribution < 1.29 is 9.53 Å². The topological polar surface area (TPSA) is 26.3 Å². The zero-order valence-electron chi connectivity index (χ0n) is 7.94. The summed E-state index contributed by atoms with van der Waals surface area (Å²) in [5.41, 5.74) is -0.285. The van der Waals surface area contributed by atoms with Crippen molar-refractivity contribution in [2.75, 3.05) is 0 Å². The lowest BCUT2D eigenvalue weighted by Crippen LogP contribution is -2.26. The molecule has 0 aromatic carbocycles. The van der Waals surface area contributed by atoms with E-state index in [4.69, 9.17) is 4.74 Å². The molecule has 0 amide bonds. The van der Waals surface area contributed by atoms with Crippen molar-refractivity contribution in [1.29, 1.82) is 0 Å². The molecule has 0 unspecified atom stereocenters. The number of carbonyl (C=O) groups is 1. The van der Waals surface area contributed by atoms with Gasteiger partial charge in [-0.05, 0) is 26.7 Å². The van der Waals surface area contributed by atoms with Crippen LogP contribution in [0.3, 0.4) is 0 Å². The summed E-state index contributed by atoms with van der Waals surface area (Å²) in [5, 5.41) is 0. The first-order valence-electron chi connectivity index (χ1n) is 4.23. The molecule has 0 aliphatic heterocycles. The average molecular weight is 158 g/mol. The van der Waals surface area contributed by atoms with Gasteiger partial charge in [-0.3, -0.25) is 4.79 Å². The molecule has 0 aromatic rings. The molecule has 2 nitrogen and oxygen atoms in total. The highest BCUT2D eigenvalue weighted by atomic mass is 16.6. The smallest absolute Gasteiger partial charge is 0.306 e. The zero-order valence-corrected chi connectivity index (χ0v) is 7.94. The lowest BCUT2D eigenvalue weighted by atomic mass is 10.1. The van der Waals surface area contributed by atoms with Gasteiger partial charge in [-0.25, -0.2) is 0 Å². The minimum absolute atomic E-state index is 0.0839. The summed E-state index contributed by atoms with van der Waals surface area (Å²) in [6.07, 6.45) is 2.25. The molecule has 0 bridgehead atoms. The van der Waals surface area contributed by atoms with E-state index in [2.05, 4.69) is 0 Å². The van der Waals surface area contributed by atoms with Gasteiger partial charge in [0.15, 0.2) is 0 Å². The predicted molar refractivity (Wildman–Crippen MR) is 45.4 cm³/mol. The fourth-order valence-electron chi connectivity index (χ4n) is 0.635. The van der Waals surface area contributed by atoms with E-state index in [1.54, 1.807) is 0 Å².